The Morgan fingerprint density at radius 3 is 2.91 bits per heavy atom. The minimum absolute atomic E-state index is 0.0384. The zero-order valence-electron chi connectivity index (χ0n) is 12.6. The van der Waals surface area contributed by atoms with Crippen LogP contribution in [0.15, 0.2) is 28.2 Å². The number of thiazole rings is 1. The van der Waals surface area contributed by atoms with Crippen LogP contribution in [0.5, 0.6) is 0 Å². The Hall–Kier alpha value is -1.86. The van der Waals surface area contributed by atoms with E-state index in [1.807, 2.05) is 29.3 Å². The highest BCUT2D eigenvalue weighted by Crippen LogP contribution is 2.23. The third-order valence-electron chi connectivity index (χ3n) is 3.67. The minimum atomic E-state index is 0.0384. The van der Waals surface area contributed by atoms with E-state index in [1.54, 1.807) is 17.6 Å². The topological polar surface area (TPSA) is 61.6 Å². The number of amides is 2. The van der Waals surface area contributed by atoms with E-state index in [2.05, 4.69) is 15.2 Å². The number of urea groups is 1. The number of aromatic nitrogens is 1. The van der Waals surface area contributed by atoms with Crippen molar-refractivity contribution >= 4 is 17.4 Å². The molecule has 0 atom stereocenters. The van der Waals surface area contributed by atoms with Gasteiger partial charge in [-0.05, 0) is 19.1 Å². The van der Waals surface area contributed by atoms with E-state index in [9.17, 15) is 4.79 Å². The van der Waals surface area contributed by atoms with Crippen molar-refractivity contribution in [3.8, 4) is 11.5 Å². The molecule has 2 aromatic heterocycles. The third kappa shape index (κ3) is 3.48. The molecule has 2 aromatic rings. The van der Waals surface area contributed by atoms with Gasteiger partial charge in [-0.2, -0.15) is 0 Å². The van der Waals surface area contributed by atoms with Crippen LogP contribution in [0, 0.1) is 0 Å². The fourth-order valence-corrected chi connectivity index (χ4v) is 3.31. The molecule has 1 N–H and O–H groups in total. The molecule has 1 fully saturated rings. The first kappa shape index (κ1) is 15.1. The van der Waals surface area contributed by atoms with Gasteiger partial charge in [0.25, 0.3) is 0 Å². The largest absolute Gasteiger partial charge is 0.463 e. The lowest BCUT2D eigenvalue weighted by Gasteiger charge is -2.34. The van der Waals surface area contributed by atoms with Gasteiger partial charge >= 0.3 is 6.03 Å². The molecule has 2 amide bonds. The quantitative estimate of drug-likeness (QED) is 0.938. The summed E-state index contributed by atoms with van der Waals surface area (Å²) in [4.78, 5) is 20.6. The molecule has 0 spiro atoms. The normalized spacial score (nSPS) is 16.0. The molecule has 3 rings (SSSR count). The highest BCUT2D eigenvalue weighted by Gasteiger charge is 2.21. The molecule has 1 aliphatic heterocycles. The zero-order valence-corrected chi connectivity index (χ0v) is 13.4. The molecule has 118 valence electrons. The molecule has 0 radical (unpaired) electrons. The van der Waals surface area contributed by atoms with Gasteiger partial charge < -0.3 is 14.6 Å². The van der Waals surface area contributed by atoms with Crippen molar-refractivity contribution in [2.45, 2.75) is 13.5 Å². The molecule has 1 aliphatic rings. The van der Waals surface area contributed by atoms with Crippen molar-refractivity contribution in [1.29, 1.82) is 0 Å². The van der Waals surface area contributed by atoms with E-state index in [4.69, 9.17) is 4.42 Å². The second-order valence-corrected chi connectivity index (χ2v) is 6.15. The van der Waals surface area contributed by atoms with Crippen LogP contribution in [0.4, 0.5) is 4.79 Å². The first-order valence-electron chi connectivity index (χ1n) is 7.49. The van der Waals surface area contributed by atoms with Crippen LogP contribution < -0.4 is 5.32 Å². The first-order chi connectivity index (χ1) is 10.8. The molecule has 6 nitrogen and oxygen atoms in total. The van der Waals surface area contributed by atoms with Gasteiger partial charge in [0.1, 0.15) is 10.7 Å². The van der Waals surface area contributed by atoms with Crippen LogP contribution in [0.25, 0.3) is 11.5 Å². The Labute approximate surface area is 133 Å². The monoisotopic (exact) mass is 320 g/mol. The Morgan fingerprint density at radius 1 is 1.41 bits per heavy atom. The van der Waals surface area contributed by atoms with Crippen LogP contribution in [0.1, 0.15) is 11.9 Å². The van der Waals surface area contributed by atoms with Crippen LogP contribution in [-0.2, 0) is 6.54 Å². The van der Waals surface area contributed by atoms with E-state index in [0.717, 1.165) is 49.2 Å². The lowest BCUT2D eigenvalue weighted by Crippen LogP contribution is -2.51. The Bertz CT molecular complexity index is 603. The number of hydrogen-bond acceptors (Lipinski definition) is 5. The lowest BCUT2D eigenvalue weighted by atomic mass is 10.3. The molecule has 22 heavy (non-hydrogen) atoms. The summed E-state index contributed by atoms with van der Waals surface area (Å²) >= 11 is 1.65. The molecular formula is C15H20N4O2S. The SMILES string of the molecule is CCNC(=O)N1CCN(Cc2nc(-c3ccco3)cs2)CC1. The van der Waals surface area contributed by atoms with Crippen molar-refractivity contribution in [1.82, 2.24) is 20.1 Å². The molecule has 7 heteroatoms. The van der Waals surface area contributed by atoms with Gasteiger partial charge in [0.05, 0.1) is 12.8 Å². The molecule has 3 heterocycles. The summed E-state index contributed by atoms with van der Waals surface area (Å²) in [5.74, 6) is 0.809. The lowest BCUT2D eigenvalue weighted by molar-refractivity contribution is 0.135. The van der Waals surface area contributed by atoms with Gasteiger partial charge in [0, 0.05) is 38.1 Å². The van der Waals surface area contributed by atoms with Gasteiger partial charge in [-0.3, -0.25) is 4.90 Å². The standard InChI is InChI=1S/C15H20N4O2S/c1-2-16-15(20)19-7-5-18(6-8-19)10-14-17-12(11-22-14)13-4-3-9-21-13/h3-4,9,11H,2,5-8,10H2,1H3,(H,16,20). The van der Waals surface area contributed by atoms with Gasteiger partial charge in [0.15, 0.2) is 5.76 Å². The number of nitrogens with one attached hydrogen (secondary N) is 1. The Kier molecular flexibility index (Phi) is 4.74. The van der Waals surface area contributed by atoms with E-state index in [-0.39, 0.29) is 6.03 Å². The summed E-state index contributed by atoms with van der Waals surface area (Å²) in [5.41, 5.74) is 0.894. The van der Waals surface area contributed by atoms with Crippen molar-refractivity contribution in [3.63, 3.8) is 0 Å². The number of furan rings is 1. The predicted octanol–water partition coefficient (Wildman–Crippen LogP) is 2.25. The summed E-state index contributed by atoms with van der Waals surface area (Å²) in [7, 11) is 0. The Morgan fingerprint density at radius 2 is 2.23 bits per heavy atom. The van der Waals surface area contributed by atoms with E-state index in [1.165, 1.54) is 0 Å². The summed E-state index contributed by atoms with van der Waals surface area (Å²) in [6, 6.07) is 3.83. The molecular weight excluding hydrogens is 300 g/mol. The number of carbonyl (C=O) groups is 1. The average Bonchev–Trinajstić information content (AvgIpc) is 3.19. The van der Waals surface area contributed by atoms with Crippen molar-refractivity contribution < 1.29 is 9.21 Å². The highest BCUT2D eigenvalue weighted by atomic mass is 32.1. The molecule has 0 aromatic carbocycles. The highest BCUT2D eigenvalue weighted by molar-refractivity contribution is 7.09. The third-order valence-corrected chi connectivity index (χ3v) is 4.51. The Balaban J connectivity index is 1.52. The molecule has 0 saturated carbocycles. The van der Waals surface area contributed by atoms with Crippen molar-refractivity contribution in [3.05, 3.63) is 28.8 Å². The number of rotatable bonds is 4. The smallest absolute Gasteiger partial charge is 0.317 e. The van der Waals surface area contributed by atoms with Crippen LogP contribution >= 0.6 is 11.3 Å². The van der Waals surface area contributed by atoms with Gasteiger partial charge in [0.2, 0.25) is 0 Å². The van der Waals surface area contributed by atoms with E-state index in [0.29, 0.717) is 6.54 Å². The van der Waals surface area contributed by atoms with Gasteiger partial charge in [-0.1, -0.05) is 0 Å². The summed E-state index contributed by atoms with van der Waals surface area (Å²) in [6.45, 7) is 6.74. The summed E-state index contributed by atoms with van der Waals surface area (Å²) in [5, 5.41) is 5.95. The molecule has 1 saturated heterocycles. The maximum Gasteiger partial charge on any atom is 0.317 e. The van der Waals surface area contributed by atoms with Gasteiger partial charge in [-0.15, -0.1) is 11.3 Å². The number of carbonyl (C=O) groups excluding carboxylic acids is 1. The number of piperazine rings is 1. The van der Waals surface area contributed by atoms with Crippen molar-refractivity contribution in [2.24, 2.45) is 0 Å². The molecule has 0 unspecified atom stereocenters. The zero-order chi connectivity index (χ0) is 15.4. The average molecular weight is 320 g/mol. The van der Waals surface area contributed by atoms with E-state index < -0.39 is 0 Å². The number of hydrogen-bond donors (Lipinski definition) is 1. The second kappa shape index (κ2) is 6.93. The maximum absolute atomic E-state index is 11.8. The maximum atomic E-state index is 11.8. The van der Waals surface area contributed by atoms with Crippen LogP contribution in [-0.4, -0.2) is 53.5 Å². The summed E-state index contributed by atoms with van der Waals surface area (Å²) < 4.78 is 5.37. The van der Waals surface area contributed by atoms with E-state index >= 15 is 0 Å². The van der Waals surface area contributed by atoms with Crippen LogP contribution in [0.2, 0.25) is 0 Å². The predicted molar refractivity (Wildman–Crippen MR) is 85.7 cm³/mol. The van der Waals surface area contributed by atoms with Gasteiger partial charge in [-0.25, -0.2) is 9.78 Å². The second-order valence-electron chi connectivity index (χ2n) is 5.20. The fraction of sp³-hybridized carbons (Fsp3) is 0.467. The first-order valence-corrected chi connectivity index (χ1v) is 8.37. The molecule has 0 aliphatic carbocycles. The van der Waals surface area contributed by atoms with Crippen molar-refractivity contribution in [2.75, 3.05) is 32.7 Å². The fourth-order valence-electron chi connectivity index (χ4n) is 2.48. The van der Waals surface area contributed by atoms with Crippen LogP contribution in [0.3, 0.4) is 0 Å². The number of nitrogens with zero attached hydrogens (tertiary/aromatic N) is 3. The minimum Gasteiger partial charge on any atom is -0.463 e. The molecule has 0 bridgehead atoms. The summed E-state index contributed by atoms with van der Waals surface area (Å²) in [6.07, 6.45) is 1.66.